The first-order valence-electron chi connectivity index (χ1n) is 14.5. The molecule has 2 aliphatic rings. The van der Waals surface area contributed by atoms with Crippen LogP contribution < -0.4 is 4.74 Å². The summed E-state index contributed by atoms with van der Waals surface area (Å²) in [7, 11) is 0. The van der Waals surface area contributed by atoms with Gasteiger partial charge in [0, 0.05) is 70.3 Å². The smallest absolute Gasteiger partial charge is 0.119 e. The first-order chi connectivity index (χ1) is 19.5. The second kappa shape index (κ2) is 13.9. The Bertz CT molecular complexity index is 1180. The van der Waals surface area contributed by atoms with E-state index in [0.717, 1.165) is 100 Å². The summed E-state index contributed by atoms with van der Waals surface area (Å²) in [4.78, 5) is 7.57. The van der Waals surface area contributed by atoms with Crippen molar-refractivity contribution >= 4 is 11.6 Å². The van der Waals surface area contributed by atoms with Gasteiger partial charge in [0.05, 0.1) is 13.2 Å². The molecule has 0 amide bonds. The maximum absolute atomic E-state index is 12.0. The van der Waals surface area contributed by atoms with Crippen LogP contribution in [0.25, 0.3) is 0 Å². The Morgan fingerprint density at radius 1 is 0.725 bits per heavy atom. The highest BCUT2D eigenvalue weighted by atomic mass is 35.5. The van der Waals surface area contributed by atoms with E-state index in [2.05, 4.69) is 21.6 Å². The van der Waals surface area contributed by atoms with Crippen molar-refractivity contribution in [3.8, 4) is 5.75 Å². The molecular formula is C33H42ClN3O3. The van der Waals surface area contributed by atoms with Gasteiger partial charge in [0.25, 0.3) is 0 Å². The largest absolute Gasteiger partial charge is 0.492 e. The summed E-state index contributed by atoms with van der Waals surface area (Å²) in [6, 6.07) is 23.7. The molecule has 2 heterocycles. The maximum atomic E-state index is 12.0. The zero-order valence-corrected chi connectivity index (χ0v) is 24.4. The number of aliphatic hydroxyl groups is 1. The number of benzene rings is 3. The van der Waals surface area contributed by atoms with Crippen LogP contribution in [0, 0.1) is 6.92 Å². The van der Waals surface area contributed by atoms with Gasteiger partial charge in [-0.25, -0.2) is 0 Å². The normalized spacial score (nSPS) is 18.9. The number of hydrogen-bond acceptors (Lipinski definition) is 6. The molecule has 0 aromatic heterocycles. The summed E-state index contributed by atoms with van der Waals surface area (Å²) in [6.07, 6.45) is 0.450. The van der Waals surface area contributed by atoms with E-state index in [-0.39, 0.29) is 0 Å². The van der Waals surface area contributed by atoms with E-state index in [9.17, 15) is 5.11 Å². The van der Waals surface area contributed by atoms with Crippen LogP contribution in [-0.2, 0) is 16.8 Å². The number of morpholine rings is 1. The Morgan fingerprint density at radius 2 is 1.25 bits per heavy atom. The lowest BCUT2D eigenvalue weighted by Crippen LogP contribution is -2.50. The fourth-order valence-electron chi connectivity index (χ4n) is 5.56. The molecular weight excluding hydrogens is 522 g/mol. The highest BCUT2D eigenvalue weighted by Crippen LogP contribution is 2.34. The monoisotopic (exact) mass is 563 g/mol. The molecule has 1 unspecified atom stereocenters. The van der Waals surface area contributed by atoms with Crippen molar-refractivity contribution in [3.05, 3.63) is 100 Å². The Kier molecular flexibility index (Phi) is 10.1. The number of aryl methyl sites for hydroxylation is 1. The standard InChI is InChI=1S/C33H42ClN3O3/c1-27-2-6-29(7-3-27)33(38,26-28-4-10-31(34)11-5-28)30-8-12-32(13-9-30)40-25-22-36-17-14-35(15-18-36)16-19-37-20-23-39-24-21-37/h2-13,38H,14-26H2,1H3. The first-order valence-corrected chi connectivity index (χ1v) is 14.9. The van der Waals surface area contributed by atoms with Crippen molar-refractivity contribution in [3.63, 3.8) is 0 Å². The molecule has 0 aliphatic carbocycles. The van der Waals surface area contributed by atoms with Gasteiger partial charge in [0.2, 0.25) is 0 Å². The molecule has 1 atom stereocenters. The van der Waals surface area contributed by atoms with Gasteiger partial charge in [0.1, 0.15) is 18.0 Å². The van der Waals surface area contributed by atoms with E-state index in [1.54, 1.807) is 0 Å². The van der Waals surface area contributed by atoms with Gasteiger partial charge in [-0.3, -0.25) is 14.7 Å². The molecule has 2 aliphatic heterocycles. The quantitative estimate of drug-likeness (QED) is 0.372. The van der Waals surface area contributed by atoms with Crippen LogP contribution in [0.1, 0.15) is 22.3 Å². The Labute approximate surface area is 244 Å². The summed E-state index contributed by atoms with van der Waals surface area (Å²) in [5.41, 5.74) is 2.73. The minimum atomic E-state index is -1.17. The van der Waals surface area contributed by atoms with E-state index >= 15 is 0 Å². The molecule has 0 radical (unpaired) electrons. The molecule has 0 spiro atoms. The number of ether oxygens (including phenoxy) is 2. The molecule has 3 aromatic rings. The van der Waals surface area contributed by atoms with Gasteiger partial charge in [0.15, 0.2) is 0 Å². The van der Waals surface area contributed by atoms with E-state index in [4.69, 9.17) is 21.1 Å². The number of piperazine rings is 1. The molecule has 5 rings (SSSR count). The molecule has 6 nitrogen and oxygen atoms in total. The van der Waals surface area contributed by atoms with Gasteiger partial charge in [-0.15, -0.1) is 0 Å². The van der Waals surface area contributed by atoms with Gasteiger partial charge in [-0.1, -0.05) is 65.7 Å². The second-order valence-electron chi connectivity index (χ2n) is 11.0. The van der Waals surface area contributed by atoms with Crippen LogP contribution >= 0.6 is 11.6 Å². The van der Waals surface area contributed by atoms with E-state index in [0.29, 0.717) is 18.1 Å². The molecule has 214 valence electrons. The SMILES string of the molecule is Cc1ccc(C(O)(Cc2ccc(Cl)cc2)c2ccc(OCCN3CCN(CCN4CCOCC4)CC3)cc2)cc1. The molecule has 0 bridgehead atoms. The molecule has 7 heteroatoms. The molecule has 0 saturated carbocycles. The number of halogens is 1. The minimum Gasteiger partial charge on any atom is -0.492 e. The lowest BCUT2D eigenvalue weighted by atomic mass is 9.81. The molecule has 3 aromatic carbocycles. The fourth-order valence-corrected chi connectivity index (χ4v) is 5.69. The zero-order valence-electron chi connectivity index (χ0n) is 23.6. The van der Waals surface area contributed by atoms with Crippen LogP contribution in [0.15, 0.2) is 72.8 Å². The van der Waals surface area contributed by atoms with Crippen LogP contribution in [0.3, 0.4) is 0 Å². The van der Waals surface area contributed by atoms with E-state index in [1.807, 2.05) is 72.8 Å². The lowest BCUT2D eigenvalue weighted by molar-refractivity contribution is 0.0295. The average Bonchev–Trinajstić information content (AvgIpc) is 2.99. The van der Waals surface area contributed by atoms with Crippen LogP contribution in [0.5, 0.6) is 5.75 Å². The molecule has 2 saturated heterocycles. The third kappa shape index (κ3) is 7.84. The highest BCUT2D eigenvalue weighted by molar-refractivity contribution is 6.30. The topological polar surface area (TPSA) is 48.4 Å². The summed E-state index contributed by atoms with van der Waals surface area (Å²) >= 11 is 6.10. The first kappa shape index (κ1) is 29.1. The van der Waals surface area contributed by atoms with Gasteiger partial charge >= 0.3 is 0 Å². The predicted octanol–water partition coefficient (Wildman–Crippen LogP) is 4.46. The predicted molar refractivity (Wildman–Crippen MR) is 161 cm³/mol. The van der Waals surface area contributed by atoms with Crippen molar-refractivity contribution in [2.24, 2.45) is 0 Å². The summed E-state index contributed by atoms with van der Waals surface area (Å²) in [5.74, 6) is 0.825. The number of rotatable bonds is 11. The Balaban J connectivity index is 1.13. The number of nitrogens with zero attached hydrogens (tertiary/aromatic N) is 3. The zero-order chi connectivity index (χ0) is 27.8. The molecule has 40 heavy (non-hydrogen) atoms. The van der Waals surface area contributed by atoms with Crippen molar-refractivity contribution in [1.29, 1.82) is 0 Å². The van der Waals surface area contributed by atoms with Gasteiger partial charge in [-0.2, -0.15) is 0 Å². The summed E-state index contributed by atoms with van der Waals surface area (Å²) in [5, 5.41) is 12.7. The fraction of sp³-hybridized carbons (Fsp3) is 0.455. The average molecular weight is 564 g/mol. The second-order valence-corrected chi connectivity index (χ2v) is 11.5. The molecule has 2 fully saturated rings. The van der Waals surface area contributed by atoms with Crippen molar-refractivity contribution < 1.29 is 14.6 Å². The third-order valence-electron chi connectivity index (χ3n) is 8.21. The van der Waals surface area contributed by atoms with E-state index in [1.165, 1.54) is 0 Å². The van der Waals surface area contributed by atoms with Crippen LogP contribution in [-0.4, -0.2) is 98.5 Å². The Hall–Kier alpha value is -2.45. The lowest BCUT2D eigenvalue weighted by Gasteiger charge is -2.36. The van der Waals surface area contributed by atoms with Crippen molar-refractivity contribution in [2.45, 2.75) is 18.9 Å². The van der Waals surface area contributed by atoms with Crippen LogP contribution in [0.2, 0.25) is 5.02 Å². The molecule has 1 N–H and O–H groups in total. The van der Waals surface area contributed by atoms with Crippen molar-refractivity contribution in [2.75, 3.05) is 78.7 Å². The van der Waals surface area contributed by atoms with Gasteiger partial charge in [-0.05, 0) is 47.9 Å². The summed E-state index contributed by atoms with van der Waals surface area (Å²) in [6.45, 7) is 14.2. The van der Waals surface area contributed by atoms with Crippen LogP contribution in [0.4, 0.5) is 0 Å². The van der Waals surface area contributed by atoms with Crippen molar-refractivity contribution in [1.82, 2.24) is 14.7 Å². The summed E-state index contributed by atoms with van der Waals surface area (Å²) < 4.78 is 11.6. The maximum Gasteiger partial charge on any atom is 0.119 e. The Morgan fingerprint density at radius 3 is 1.85 bits per heavy atom. The van der Waals surface area contributed by atoms with Gasteiger partial charge < -0.3 is 14.6 Å². The minimum absolute atomic E-state index is 0.450. The van der Waals surface area contributed by atoms with E-state index < -0.39 is 5.60 Å². The highest BCUT2D eigenvalue weighted by Gasteiger charge is 2.32. The number of hydrogen-bond donors (Lipinski definition) is 1. The third-order valence-corrected chi connectivity index (χ3v) is 8.46.